The van der Waals surface area contributed by atoms with Crippen molar-refractivity contribution < 1.29 is 4.74 Å². The highest BCUT2D eigenvalue weighted by Crippen LogP contribution is 2.37. The van der Waals surface area contributed by atoms with Gasteiger partial charge in [0, 0.05) is 19.3 Å². The Kier molecular flexibility index (Phi) is 3.67. The van der Waals surface area contributed by atoms with Crippen LogP contribution in [0.15, 0.2) is 24.3 Å². The van der Waals surface area contributed by atoms with E-state index in [1.165, 1.54) is 30.4 Å². The van der Waals surface area contributed by atoms with E-state index in [0.717, 1.165) is 32.0 Å². The van der Waals surface area contributed by atoms with Gasteiger partial charge < -0.3 is 10.5 Å². The average molecular weight is 245 g/mol. The number of hydrogen-bond donors (Lipinski definition) is 1. The molecule has 0 spiro atoms. The Bertz CT molecular complexity index is 377. The molecule has 1 heterocycles. The van der Waals surface area contributed by atoms with Crippen LogP contribution in [-0.4, -0.2) is 13.2 Å². The van der Waals surface area contributed by atoms with Crippen molar-refractivity contribution in [1.82, 2.24) is 0 Å². The fourth-order valence-corrected chi connectivity index (χ4v) is 3.08. The molecule has 1 saturated carbocycles. The number of hydrogen-bond acceptors (Lipinski definition) is 2. The molecule has 98 valence electrons. The summed E-state index contributed by atoms with van der Waals surface area (Å²) in [5.74, 6) is 1.41. The molecule has 3 rings (SSSR count). The van der Waals surface area contributed by atoms with Crippen LogP contribution in [0.2, 0.25) is 0 Å². The zero-order chi connectivity index (χ0) is 12.4. The van der Waals surface area contributed by atoms with E-state index in [-0.39, 0.29) is 6.04 Å². The monoisotopic (exact) mass is 245 g/mol. The standard InChI is InChI=1S/C16H23NO/c17-16(15-8-10-18-11-9-15)14-6-4-13(5-7-14)12-2-1-3-12/h4-7,12,15-16H,1-3,8-11,17H2. The Hall–Kier alpha value is -0.860. The summed E-state index contributed by atoms with van der Waals surface area (Å²) in [7, 11) is 0. The number of nitrogens with two attached hydrogens (primary N) is 1. The Morgan fingerprint density at radius 3 is 2.22 bits per heavy atom. The summed E-state index contributed by atoms with van der Waals surface area (Å²) in [6.07, 6.45) is 6.34. The first kappa shape index (κ1) is 12.2. The molecule has 1 saturated heterocycles. The SMILES string of the molecule is NC(c1ccc(C2CCC2)cc1)C1CCOCC1. The predicted octanol–water partition coefficient (Wildman–Crippen LogP) is 3.38. The highest BCUT2D eigenvalue weighted by atomic mass is 16.5. The van der Waals surface area contributed by atoms with E-state index >= 15 is 0 Å². The topological polar surface area (TPSA) is 35.2 Å². The summed E-state index contributed by atoms with van der Waals surface area (Å²) in [6, 6.07) is 9.25. The van der Waals surface area contributed by atoms with Gasteiger partial charge >= 0.3 is 0 Å². The van der Waals surface area contributed by atoms with Crippen LogP contribution < -0.4 is 5.73 Å². The van der Waals surface area contributed by atoms with E-state index in [1.807, 2.05) is 0 Å². The lowest BCUT2D eigenvalue weighted by atomic mass is 9.79. The quantitative estimate of drug-likeness (QED) is 0.886. The molecular formula is C16H23NO. The largest absolute Gasteiger partial charge is 0.381 e. The zero-order valence-corrected chi connectivity index (χ0v) is 11.0. The molecule has 1 atom stereocenters. The lowest BCUT2D eigenvalue weighted by Gasteiger charge is -2.29. The second-order valence-corrected chi connectivity index (χ2v) is 5.77. The Morgan fingerprint density at radius 2 is 1.67 bits per heavy atom. The van der Waals surface area contributed by atoms with E-state index in [2.05, 4.69) is 24.3 Å². The first-order valence-electron chi connectivity index (χ1n) is 7.28. The Morgan fingerprint density at radius 1 is 1.00 bits per heavy atom. The summed E-state index contributed by atoms with van der Waals surface area (Å²) < 4.78 is 5.40. The molecule has 0 amide bonds. The molecule has 1 aromatic rings. The summed E-state index contributed by atoms with van der Waals surface area (Å²) >= 11 is 0. The van der Waals surface area contributed by atoms with Gasteiger partial charge in [0.15, 0.2) is 0 Å². The second-order valence-electron chi connectivity index (χ2n) is 5.77. The highest BCUT2D eigenvalue weighted by Gasteiger charge is 2.23. The fraction of sp³-hybridized carbons (Fsp3) is 0.625. The van der Waals surface area contributed by atoms with Crippen LogP contribution in [0.4, 0.5) is 0 Å². The molecule has 0 radical (unpaired) electrons. The molecule has 1 aliphatic heterocycles. The third-order valence-corrected chi connectivity index (χ3v) is 4.67. The first-order valence-corrected chi connectivity index (χ1v) is 7.28. The van der Waals surface area contributed by atoms with Gasteiger partial charge in [-0.25, -0.2) is 0 Å². The third kappa shape index (κ3) is 2.45. The van der Waals surface area contributed by atoms with Crippen molar-refractivity contribution in [3.63, 3.8) is 0 Å². The number of ether oxygens (including phenoxy) is 1. The van der Waals surface area contributed by atoms with Gasteiger partial charge in [-0.1, -0.05) is 30.7 Å². The zero-order valence-electron chi connectivity index (χ0n) is 11.0. The van der Waals surface area contributed by atoms with Crippen LogP contribution in [0.25, 0.3) is 0 Å². The van der Waals surface area contributed by atoms with Crippen LogP contribution in [-0.2, 0) is 4.74 Å². The molecule has 0 aromatic heterocycles. The molecule has 2 nitrogen and oxygen atoms in total. The minimum absolute atomic E-state index is 0.185. The lowest BCUT2D eigenvalue weighted by molar-refractivity contribution is 0.0584. The van der Waals surface area contributed by atoms with Crippen molar-refractivity contribution in [1.29, 1.82) is 0 Å². The molecule has 0 bridgehead atoms. The van der Waals surface area contributed by atoms with Crippen molar-refractivity contribution in [2.75, 3.05) is 13.2 Å². The van der Waals surface area contributed by atoms with Gasteiger partial charge in [0.2, 0.25) is 0 Å². The van der Waals surface area contributed by atoms with Crippen LogP contribution in [0.1, 0.15) is 55.2 Å². The van der Waals surface area contributed by atoms with Crippen LogP contribution in [0, 0.1) is 5.92 Å². The molecule has 1 aromatic carbocycles. The van der Waals surface area contributed by atoms with Crippen LogP contribution in [0.5, 0.6) is 0 Å². The lowest BCUT2D eigenvalue weighted by Crippen LogP contribution is -2.27. The fourth-order valence-electron chi connectivity index (χ4n) is 3.08. The van der Waals surface area contributed by atoms with E-state index in [9.17, 15) is 0 Å². The summed E-state index contributed by atoms with van der Waals surface area (Å²) in [5, 5.41) is 0. The van der Waals surface area contributed by atoms with Crippen LogP contribution >= 0.6 is 0 Å². The molecule has 1 aliphatic carbocycles. The van der Waals surface area contributed by atoms with E-state index in [4.69, 9.17) is 10.5 Å². The van der Waals surface area contributed by atoms with Crippen molar-refractivity contribution in [2.45, 2.75) is 44.1 Å². The Labute approximate surface area is 110 Å². The van der Waals surface area contributed by atoms with E-state index in [0.29, 0.717) is 5.92 Å². The minimum Gasteiger partial charge on any atom is -0.381 e. The highest BCUT2D eigenvalue weighted by molar-refractivity contribution is 5.28. The Balaban J connectivity index is 1.67. The molecule has 2 aliphatic rings. The normalized spacial score (nSPS) is 23.6. The maximum atomic E-state index is 6.39. The number of benzene rings is 1. The van der Waals surface area contributed by atoms with Crippen LogP contribution in [0.3, 0.4) is 0 Å². The van der Waals surface area contributed by atoms with Gasteiger partial charge in [-0.05, 0) is 48.6 Å². The van der Waals surface area contributed by atoms with Gasteiger partial charge in [0.05, 0.1) is 0 Å². The second kappa shape index (κ2) is 5.41. The van der Waals surface area contributed by atoms with Gasteiger partial charge in [0.1, 0.15) is 0 Å². The van der Waals surface area contributed by atoms with Crippen molar-refractivity contribution >= 4 is 0 Å². The van der Waals surface area contributed by atoms with Crippen molar-refractivity contribution in [3.05, 3.63) is 35.4 Å². The molecule has 2 fully saturated rings. The van der Waals surface area contributed by atoms with Gasteiger partial charge in [-0.2, -0.15) is 0 Å². The summed E-state index contributed by atoms with van der Waals surface area (Å²) in [5.41, 5.74) is 9.19. The summed E-state index contributed by atoms with van der Waals surface area (Å²) in [4.78, 5) is 0. The predicted molar refractivity (Wildman–Crippen MR) is 73.5 cm³/mol. The van der Waals surface area contributed by atoms with Gasteiger partial charge in [0.25, 0.3) is 0 Å². The molecular weight excluding hydrogens is 222 g/mol. The molecule has 2 N–H and O–H groups in total. The smallest absolute Gasteiger partial charge is 0.0469 e. The molecule has 1 unspecified atom stereocenters. The average Bonchev–Trinajstić information content (AvgIpc) is 2.38. The molecule has 2 heteroatoms. The van der Waals surface area contributed by atoms with E-state index in [1.54, 1.807) is 0 Å². The van der Waals surface area contributed by atoms with Crippen molar-refractivity contribution in [3.8, 4) is 0 Å². The van der Waals surface area contributed by atoms with E-state index < -0.39 is 0 Å². The summed E-state index contributed by atoms with van der Waals surface area (Å²) in [6.45, 7) is 1.75. The van der Waals surface area contributed by atoms with Gasteiger partial charge in [-0.15, -0.1) is 0 Å². The minimum atomic E-state index is 0.185. The maximum Gasteiger partial charge on any atom is 0.0469 e. The van der Waals surface area contributed by atoms with Crippen molar-refractivity contribution in [2.24, 2.45) is 11.7 Å². The number of rotatable bonds is 3. The molecule has 18 heavy (non-hydrogen) atoms. The first-order chi connectivity index (χ1) is 8.84. The van der Waals surface area contributed by atoms with Gasteiger partial charge in [-0.3, -0.25) is 0 Å². The third-order valence-electron chi connectivity index (χ3n) is 4.67. The maximum absolute atomic E-state index is 6.39.